The maximum Gasteiger partial charge on any atom is 0.416 e. The van der Waals surface area contributed by atoms with E-state index >= 15 is 0 Å². The molecule has 1 aliphatic heterocycles. The predicted octanol–water partition coefficient (Wildman–Crippen LogP) is 3.47. The summed E-state index contributed by atoms with van der Waals surface area (Å²) in [6.45, 7) is 6.14. The monoisotopic (exact) mass is 407 g/mol. The second kappa shape index (κ2) is 8.41. The van der Waals surface area contributed by atoms with Crippen LogP contribution in [-0.2, 0) is 24.1 Å². The van der Waals surface area contributed by atoms with E-state index in [1.165, 1.54) is 5.56 Å². The van der Waals surface area contributed by atoms with Crippen molar-refractivity contribution in [3.05, 3.63) is 58.4 Å². The number of pyridine rings is 1. The minimum Gasteiger partial charge on any atom is -0.487 e. The van der Waals surface area contributed by atoms with Gasteiger partial charge in [-0.1, -0.05) is 0 Å². The number of likely N-dealkylation sites (tertiary alicyclic amines) is 1. The highest BCUT2D eigenvalue weighted by atomic mass is 19.4. The Balaban J connectivity index is 1.62. The molecule has 156 valence electrons. The van der Waals surface area contributed by atoms with Gasteiger partial charge in [0.15, 0.2) is 0 Å². The Morgan fingerprint density at radius 2 is 1.90 bits per heavy atom. The molecule has 0 bridgehead atoms. The van der Waals surface area contributed by atoms with Crippen LogP contribution >= 0.6 is 0 Å². The van der Waals surface area contributed by atoms with E-state index in [1.807, 2.05) is 26.0 Å². The molecule has 3 rings (SSSR count). The van der Waals surface area contributed by atoms with Crippen LogP contribution in [0.1, 0.15) is 27.9 Å². The smallest absolute Gasteiger partial charge is 0.416 e. The predicted molar refractivity (Wildman–Crippen MR) is 102 cm³/mol. The third-order valence-electron chi connectivity index (χ3n) is 5.16. The average Bonchev–Trinajstić information content (AvgIpc) is 2.63. The number of halogens is 3. The Kier molecular flexibility index (Phi) is 6.12. The summed E-state index contributed by atoms with van der Waals surface area (Å²) < 4.78 is 44.1. The van der Waals surface area contributed by atoms with Gasteiger partial charge in [0.1, 0.15) is 12.4 Å². The second-order valence-corrected chi connectivity index (χ2v) is 7.36. The molecule has 1 amide bonds. The fraction of sp³-hybridized carbons (Fsp3) is 0.429. The van der Waals surface area contributed by atoms with Gasteiger partial charge < -0.3 is 10.1 Å². The molecule has 0 saturated carbocycles. The van der Waals surface area contributed by atoms with E-state index in [1.54, 1.807) is 7.05 Å². The number of carbonyl (C=O) groups excluding carboxylic acids is 1. The zero-order valence-electron chi connectivity index (χ0n) is 16.6. The lowest BCUT2D eigenvalue weighted by molar-refractivity contribution is -0.137. The topological polar surface area (TPSA) is 54.5 Å². The molecule has 0 atom stereocenters. The van der Waals surface area contributed by atoms with Crippen LogP contribution in [0.25, 0.3) is 0 Å². The molecule has 5 nitrogen and oxygen atoms in total. The number of aromatic nitrogens is 1. The van der Waals surface area contributed by atoms with Crippen molar-refractivity contribution in [3.63, 3.8) is 0 Å². The van der Waals surface area contributed by atoms with E-state index in [0.717, 1.165) is 49.1 Å². The van der Waals surface area contributed by atoms with Gasteiger partial charge in [-0.3, -0.25) is 14.7 Å². The van der Waals surface area contributed by atoms with Gasteiger partial charge in [-0.25, -0.2) is 0 Å². The molecule has 8 heteroatoms. The lowest BCUT2D eigenvalue weighted by Crippen LogP contribution is -2.52. The number of carbonyl (C=O) groups is 1. The van der Waals surface area contributed by atoms with Crippen molar-refractivity contribution in [2.45, 2.75) is 33.2 Å². The number of rotatable bonds is 6. The molecule has 0 spiro atoms. The van der Waals surface area contributed by atoms with Crippen LogP contribution in [0.4, 0.5) is 13.2 Å². The molecular weight excluding hydrogens is 383 g/mol. The highest BCUT2D eigenvalue weighted by Gasteiger charge is 2.32. The number of hydrogen-bond acceptors (Lipinski definition) is 4. The van der Waals surface area contributed by atoms with E-state index < -0.39 is 11.7 Å². The Bertz CT molecular complexity index is 870. The van der Waals surface area contributed by atoms with E-state index in [0.29, 0.717) is 5.75 Å². The standard InChI is InChI=1S/C21H24F3N3O2/c1-13-6-18(29-12-17-8-16(4-5-26-17)21(22,23)24)7-14(2)19(13)11-27-9-15(10-27)20(28)25-3/h4-8,15H,9-12H2,1-3H3,(H,25,28). The first-order valence-corrected chi connectivity index (χ1v) is 9.36. The first-order valence-electron chi connectivity index (χ1n) is 9.36. The SMILES string of the molecule is CNC(=O)C1CN(Cc2c(C)cc(OCc3cc(C(F)(F)F)ccn3)cc2C)C1. The summed E-state index contributed by atoms with van der Waals surface area (Å²) >= 11 is 0. The molecule has 1 aromatic heterocycles. The van der Waals surface area contributed by atoms with Crippen molar-refractivity contribution in [1.29, 1.82) is 0 Å². The number of alkyl halides is 3. The molecule has 2 heterocycles. The zero-order chi connectivity index (χ0) is 21.2. The molecule has 1 aliphatic rings. The Morgan fingerprint density at radius 3 is 2.48 bits per heavy atom. The maximum atomic E-state index is 12.8. The van der Waals surface area contributed by atoms with Gasteiger partial charge in [0.25, 0.3) is 0 Å². The molecular formula is C21H24F3N3O2. The molecule has 0 unspecified atom stereocenters. The highest BCUT2D eigenvalue weighted by Crippen LogP contribution is 2.30. The number of hydrogen-bond donors (Lipinski definition) is 1. The fourth-order valence-corrected chi connectivity index (χ4v) is 3.47. The number of aryl methyl sites for hydroxylation is 2. The summed E-state index contributed by atoms with van der Waals surface area (Å²) in [5.41, 5.74) is 2.74. The number of benzene rings is 1. The molecule has 1 saturated heterocycles. The zero-order valence-corrected chi connectivity index (χ0v) is 16.6. The van der Waals surface area contributed by atoms with E-state index in [2.05, 4.69) is 15.2 Å². The van der Waals surface area contributed by atoms with Crippen LogP contribution in [0, 0.1) is 19.8 Å². The largest absolute Gasteiger partial charge is 0.487 e. The van der Waals surface area contributed by atoms with Crippen LogP contribution < -0.4 is 10.1 Å². The van der Waals surface area contributed by atoms with Crippen LogP contribution in [0.5, 0.6) is 5.75 Å². The number of nitrogens with zero attached hydrogens (tertiary/aromatic N) is 2. The van der Waals surface area contributed by atoms with Crippen LogP contribution in [0.2, 0.25) is 0 Å². The van der Waals surface area contributed by atoms with Crippen molar-refractivity contribution < 1.29 is 22.7 Å². The van der Waals surface area contributed by atoms with Crippen molar-refractivity contribution >= 4 is 5.91 Å². The average molecular weight is 407 g/mol. The van der Waals surface area contributed by atoms with Crippen molar-refractivity contribution in [3.8, 4) is 5.75 Å². The Morgan fingerprint density at radius 1 is 1.24 bits per heavy atom. The second-order valence-electron chi connectivity index (χ2n) is 7.36. The first kappa shape index (κ1) is 21.1. The molecule has 2 aromatic rings. The number of nitrogens with one attached hydrogen (secondary N) is 1. The lowest BCUT2D eigenvalue weighted by atomic mass is 9.95. The third-order valence-corrected chi connectivity index (χ3v) is 5.16. The van der Waals surface area contributed by atoms with E-state index in [4.69, 9.17) is 4.74 Å². The molecule has 1 aromatic carbocycles. The molecule has 0 radical (unpaired) electrons. The lowest BCUT2D eigenvalue weighted by Gasteiger charge is -2.38. The summed E-state index contributed by atoms with van der Waals surface area (Å²) in [5, 5.41) is 2.67. The third kappa shape index (κ3) is 5.06. The van der Waals surface area contributed by atoms with Gasteiger partial charge in [-0.2, -0.15) is 13.2 Å². The van der Waals surface area contributed by atoms with Crippen LogP contribution in [-0.4, -0.2) is 35.9 Å². The number of amides is 1. The van der Waals surface area contributed by atoms with Crippen LogP contribution in [0.15, 0.2) is 30.5 Å². The van der Waals surface area contributed by atoms with Crippen molar-refractivity contribution in [1.82, 2.24) is 15.2 Å². The van der Waals surface area contributed by atoms with Gasteiger partial charge in [-0.15, -0.1) is 0 Å². The Labute approximate surface area is 167 Å². The summed E-state index contributed by atoms with van der Waals surface area (Å²) in [6.07, 6.45) is -3.26. The van der Waals surface area contributed by atoms with Gasteiger partial charge in [0.2, 0.25) is 5.91 Å². The van der Waals surface area contributed by atoms with Gasteiger partial charge in [-0.05, 0) is 54.8 Å². The Hall–Kier alpha value is -2.61. The normalized spacial score (nSPS) is 15.1. The quantitative estimate of drug-likeness (QED) is 0.797. The molecule has 1 fully saturated rings. The minimum atomic E-state index is -4.40. The summed E-state index contributed by atoms with van der Waals surface area (Å²) in [5.74, 6) is 0.708. The minimum absolute atomic E-state index is 0.0396. The van der Waals surface area contributed by atoms with E-state index in [-0.39, 0.29) is 24.1 Å². The number of ether oxygens (including phenoxy) is 1. The van der Waals surface area contributed by atoms with E-state index in [9.17, 15) is 18.0 Å². The molecule has 0 aliphatic carbocycles. The summed E-state index contributed by atoms with van der Waals surface area (Å²) in [6, 6.07) is 5.70. The highest BCUT2D eigenvalue weighted by molar-refractivity contribution is 5.79. The van der Waals surface area contributed by atoms with Crippen molar-refractivity contribution in [2.24, 2.45) is 5.92 Å². The van der Waals surface area contributed by atoms with Crippen LogP contribution in [0.3, 0.4) is 0 Å². The summed E-state index contributed by atoms with van der Waals surface area (Å²) in [4.78, 5) is 17.8. The fourth-order valence-electron chi connectivity index (χ4n) is 3.47. The summed E-state index contributed by atoms with van der Waals surface area (Å²) in [7, 11) is 1.65. The van der Waals surface area contributed by atoms with Gasteiger partial charge in [0, 0.05) is 32.9 Å². The first-order chi connectivity index (χ1) is 13.7. The van der Waals surface area contributed by atoms with Gasteiger partial charge in [0.05, 0.1) is 17.2 Å². The van der Waals surface area contributed by atoms with Crippen molar-refractivity contribution in [2.75, 3.05) is 20.1 Å². The molecule has 29 heavy (non-hydrogen) atoms. The molecule has 1 N–H and O–H groups in total. The maximum absolute atomic E-state index is 12.8. The van der Waals surface area contributed by atoms with Gasteiger partial charge >= 0.3 is 6.18 Å².